The van der Waals surface area contributed by atoms with Crippen LogP contribution >= 0.6 is 0 Å². The minimum Gasteiger partial charge on any atom is -0.469 e. The van der Waals surface area contributed by atoms with Crippen molar-refractivity contribution in [1.82, 2.24) is 0 Å². The summed E-state index contributed by atoms with van der Waals surface area (Å²) in [6.07, 6.45) is 0. The first-order valence-electron chi connectivity index (χ1n) is 5.76. The molecule has 0 aliphatic heterocycles. The maximum atomic E-state index is 11.5. The number of esters is 1. The molecule has 3 nitrogen and oxygen atoms in total. The number of anilines is 1. The molecule has 0 spiro atoms. The fraction of sp³-hybridized carbons (Fsp3) is 0.500. The van der Waals surface area contributed by atoms with Crippen LogP contribution in [0.2, 0.25) is 0 Å². The lowest BCUT2D eigenvalue weighted by atomic mass is 9.93. The van der Waals surface area contributed by atoms with Crippen LogP contribution in [0.25, 0.3) is 0 Å². The third-order valence-electron chi connectivity index (χ3n) is 2.69. The highest BCUT2D eigenvalue weighted by molar-refractivity contribution is 5.76. The Bertz CT molecular complexity index is 390. The van der Waals surface area contributed by atoms with E-state index in [1.807, 2.05) is 13.8 Å². The normalized spacial score (nSPS) is 11.1. The number of hydrogen-bond acceptors (Lipinski definition) is 3. The monoisotopic (exact) mass is 235 g/mol. The van der Waals surface area contributed by atoms with Gasteiger partial charge in [-0.3, -0.25) is 4.79 Å². The van der Waals surface area contributed by atoms with Crippen LogP contribution in [0.4, 0.5) is 5.69 Å². The van der Waals surface area contributed by atoms with Crippen LogP contribution in [0.5, 0.6) is 0 Å². The molecule has 0 unspecified atom stereocenters. The van der Waals surface area contributed by atoms with E-state index in [4.69, 9.17) is 4.74 Å². The highest BCUT2D eigenvalue weighted by atomic mass is 16.5. The molecule has 0 aliphatic carbocycles. The molecule has 94 valence electrons. The van der Waals surface area contributed by atoms with Gasteiger partial charge in [0, 0.05) is 12.2 Å². The van der Waals surface area contributed by atoms with Crippen molar-refractivity contribution < 1.29 is 9.53 Å². The zero-order valence-electron chi connectivity index (χ0n) is 11.3. The zero-order valence-corrected chi connectivity index (χ0v) is 11.3. The molecule has 1 aromatic rings. The van der Waals surface area contributed by atoms with Gasteiger partial charge in [0.25, 0.3) is 0 Å². The second kappa shape index (κ2) is 5.21. The van der Waals surface area contributed by atoms with E-state index in [9.17, 15) is 4.79 Å². The van der Waals surface area contributed by atoms with Gasteiger partial charge in [0.2, 0.25) is 0 Å². The van der Waals surface area contributed by atoms with Crippen LogP contribution in [0.3, 0.4) is 0 Å². The van der Waals surface area contributed by atoms with Crippen LogP contribution in [0.1, 0.15) is 25.0 Å². The maximum Gasteiger partial charge on any atom is 0.313 e. The lowest BCUT2D eigenvalue weighted by Crippen LogP contribution is -2.33. The Labute approximate surface area is 103 Å². The molecule has 0 amide bonds. The van der Waals surface area contributed by atoms with Crippen LogP contribution in [0, 0.1) is 19.3 Å². The summed E-state index contributed by atoms with van der Waals surface area (Å²) in [6.45, 7) is 8.42. The number of hydrogen-bond donors (Lipinski definition) is 1. The highest BCUT2D eigenvalue weighted by Gasteiger charge is 2.28. The second-order valence-electron chi connectivity index (χ2n) is 5.11. The van der Waals surface area contributed by atoms with E-state index >= 15 is 0 Å². The lowest BCUT2D eigenvalue weighted by Gasteiger charge is -2.22. The molecule has 0 atom stereocenters. The molecule has 0 saturated heterocycles. The highest BCUT2D eigenvalue weighted by Crippen LogP contribution is 2.20. The zero-order chi connectivity index (χ0) is 13.1. The van der Waals surface area contributed by atoms with Crippen molar-refractivity contribution in [2.24, 2.45) is 5.41 Å². The molecule has 0 aromatic heterocycles. The Hall–Kier alpha value is -1.51. The molecule has 0 bridgehead atoms. The van der Waals surface area contributed by atoms with Crippen molar-refractivity contribution in [1.29, 1.82) is 0 Å². The number of methoxy groups -OCH3 is 1. The van der Waals surface area contributed by atoms with E-state index in [2.05, 4.69) is 37.4 Å². The minimum atomic E-state index is -0.521. The summed E-state index contributed by atoms with van der Waals surface area (Å²) in [5, 5.41) is 3.28. The van der Waals surface area contributed by atoms with Crippen molar-refractivity contribution in [3.8, 4) is 0 Å². The van der Waals surface area contributed by atoms with Crippen molar-refractivity contribution in [2.75, 3.05) is 19.0 Å². The molecule has 0 fully saturated rings. The number of rotatable bonds is 4. The van der Waals surface area contributed by atoms with Crippen LogP contribution in [-0.4, -0.2) is 19.6 Å². The van der Waals surface area contributed by atoms with Gasteiger partial charge in [-0.05, 0) is 51.0 Å². The second-order valence-corrected chi connectivity index (χ2v) is 5.11. The molecule has 17 heavy (non-hydrogen) atoms. The van der Waals surface area contributed by atoms with Crippen LogP contribution in [-0.2, 0) is 9.53 Å². The van der Waals surface area contributed by atoms with E-state index in [0.717, 1.165) is 5.69 Å². The van der Waals surface area contributed by atoms with E-state index in [1.165, 1.54) is 18.2 Å². The summed E-state index contributed by atoms with van der Waals surface area (Å²) >= 11 is 0. The molecule has 1 N–H and O–H groups in total. The van der Waals surface area contributed by atoms with Gasteiger partial charge in [-0.1, -0.05) is 6.07 Å². The fourth-order valence-electron chi connectivity index (χ4n) is 1.75. The lowest BCUT2D eigenvalue weighted by molar-refractivity contribution is -0.149. The van der Waals surface area contributed by atoms with Crippen LogP contribution < -0.4 is 5.32 Å². The average molecular weight is 235 g/mol. The molecule has 1 aromatic carbocycles. The molecule has 0 saturated carbocycles. The fourth-order valence-corrected chi connectivity index (χ4v) is 1.75. The first-order valence-corrected chi connectivity index (χ1v) is 5.76. The Morgan fingerprint density at radius 1 is 1.24 bits per heavy atom. The third kappa shape index (κ3) is 3.77. The summed E-state index contributed by atoms with van der Waals surface area (Å²) in [5.41, 5.74) is 2.94. The predicted octanol–water partition coefficient (Wildman–Crippen LogP) is 2.91. The molecule has 0 heterocycles. The first-order chi connectivity index (χ1) is 7.85. The number of nitrogens with one attached hydrogen (secondary N) is 1. The summed E-state index contributed by atoms with van der Waals surface area (Å²) in [6, 6.07) is 6.26. The van der Waals surface area contributed by atoms with E-state index < -0.39 is 5.41 Å². The third-order valence-corrected chi connectivity index (χ3v) is 2.69. The van der Waals surface area contributed by atoms with Crippen molar-refractivity contribution in [2.45, 2.75) is 27.7 Å². The summed E-state index contributed by atoms with van der Waals surface area (Å²) in [5.74, 6) is -0.200. The van der Waals surface area contributed by atoms with Gasteiger partial charge in [-0.2, -0.15) is 0 Å². The predicted molar refractivity (Wildman–Crippen MR) is 70.2 cm³/mol. The Morgan fingerprint density at radius 3 is 2.24 bits per heavy atom. The molecule has 0 aliphatic rings. The van der Waals surface area contributed by atoms with Gasteiger partial charge in [0.1, 0.15) is 0 Å². The molecule has 1 rings (SSSR count). The standard InChI is InChI=1S/C14H21NO2/c1-10-6-11(2)8-12(7-10)15-9-14(3,4)13(16)17-5/h6-8,15H,9H2,1-5H3. The average Bonchev–Trinajstić information content (AvgIpc) is 2.24. The Balaban J connectivity index is 2.70. The van der Waals surface area contributed by atoms with Gasteiger partial charge in [0.05, 0.1) is 12.5 Å². The molecule has 3 heteroatoms. The summed E-state index contributed by atoms with van der Waals surface area (Å²) in [4.78, 5) is 11.5. The van der Waals surface area contributed by atoms with Crippen molar-refractivity contribution in [3.05, 3.63) is 29.3 Å². The van der Waals surface area contributed by atoms with Gasteiger partial charge >= 0.3 is 5.97 Å². The summed E-state index contributed by atoms with van der Waals surface area (Å²) < 4.78 is 4.77. The minimum absolute atomic E-state index is 0.200. The van der Waals surface area contributed by atoms with E-state index in [-0.39, 0.29) is 5.97 Å². The number of carbonyl (C=O) groups is 1. The van der Waals surface area contributed by atoms with E-state index in [0.29, 0.717) is 6.54 Å². The smallest absolute Gasteiger partial charge is 0.313 e. The SMILES string of the molecule is COC(=O)C(C)(C)CNc1cc(C)cc(C)c1. The van der Waals surface area contributed by atoms with Crippen LogP contribution in [0.15, 0.2) is 18.2 Å². The number of ether oxygens (including phenoxy) is 1. The Kier molecular flexibility index (Phi) is 4.16. The van der Waals surface area contributed by atoms with Gasteiger partial charge in [-0.15, -0.1) is 0 Å². The number of carbonyl (C=O) groups excluding carboxylic acids is 1. The molecular formula is C14H21NO2. The molecule has 0 radical (unpaired) electrons. The largest absolute Gasteiger partial charge is 0.469 e. The van der Waals surface area contributed by atoms with Crippen molar-refractivity contribution in [3.63, 3.8) is 0 Å². The Morgan fingerprint density at radius 2 is 1.76 bits per heavy atom. The maximum absolute atomic E-state index is 11.5. The topological polar surface area (TPSA) is 38.3 Å². The van der Waals surface area contributed by atoms with Gasteiger partial charge in [-0.25, -0.2) is 0 Å². The summed E-state index contributed by atoms with van der Waals surface area (Å²) in [7, 11) is 1.42. The quantitative estimate of drug-likeness (QED) is 0.815. The van der Waals surface area contributed by atoms with Gasteiger partial charge < -0.3 is 10.1 Å². The van der Waals surface area contributed by atoms with Gasteiger partial charge in [0.15, 0.2) is 0 Å². The van der Waals surface area contributed by atoms with E-state index in [1.54, 1.807) is 0 Å². The number of benzene rings is 1. The number of aryl methyl sites for hydroxylation is 2. The van der Waals surface area contributed by atoms with Crippen molar-refractivity contribution >= 4 is 11.7 Å². The molecular weight excluding hydrogens is 214 g/mol. The first kappa shape index (κ1) is 13.6.